The molecule has 6 heteroatoms. The first-order valence-corrected chi connectivity index (χ1v) is 8.20. The highest BCUT2D eigenvalue weighted by Crippen LogP contribution is 2.17. The number of benzene rings is 1. The van der Waals surface area contributed by atoms with Crippen molar-refractivity contribution in [2.24, 2.45) is 0 Å². The molecule has 122 valence electrons. The lowest BCUT2D eigenvalue weighted by atomic mass is 10.2. The number of amides is 1. The summed E-state index contributed by atoms with van der Waals surface area (Å²) in [4.78, 5) is 18.1. The fourth-order valence-corrected chi connectivity index (χ4v) is 2.24. The maximum absolute atomic E-state index is 12.4. The van der Waals surface area contributed by atoms with Crippen LogP contribution in [0.1, 0.15) is 18.4 Å². The minimum Gasteiger partial charge on any atom is -0.444 e. The van der Waals surface area contributed by atoms with E-state index in [1.54, 1.807) is 12.3 Å². The van der Waals surface area contributed by atoms with Gasteiger partial charge < -0.3 is 9.84 Å². The number of unbranched alkanes of at least 4 members (excludes halogenated alkanes) is 1. The zero-order chi connectivity index (χ0) is 16.5. The Morgan fingerprint density at radius 2 is 1.96 bits per heavy atom. The summed E-state index contributed by atoms with van der Waals surface area (Å²) in [6.07, 6.45) is 2.49. The Labute approximate surface area is 144 Å². The molecule has 1 amide bonds. The number of aliphatic hydroxyl groups excluding tert-OH is 1. The van der Waals surface area contributed by atoms with Crippen molar-refractivity contribution in [2.45, 2.75) is 19.4 Å². The summed E-state index contributed by atoms with van der Waals surface area (Å²) in [6, 6.07) is 13.1. The van der Waals surface area contributed by atoms with Gasteiger partial charge >= 0.3 is 6.09 Å². The smallest absolute Gasteiger partial charge is 0.415 e. The van der Waals surface area contributed by atoms with Crippen LogP contribution in [0.15, 0.2) is 53.1 Å². The van der Waals surface area contributed by atoms with Gasteiger partial charge in [-0.3, -0.25) is 4.90 Å². The molecule has 1 aromatic heterocycles. The minimum atomic E-state index is -0.443. The molecular formula is C17H19BrN2O3. The van der Waals surface area contributed by atoms with Crippen molar-refractivity contribution in [1.29, 1.82) is 0 Å². The van der Waals surface area contributed by atoms with E-state index in [2.05, 4.69) is 20.9 Å². The topological polar surface area (TPSA) is 62.7 Å². The van der Waals surface area contributed by atoms with Crippen LogP contribution in [0.25, 0.3) is 0 Å². The number of nitrogens with zero attached hydrogens (tertiary/aromatic N) is 2. The Morgan fingerprint density at radius 1 is 1.17 bits per heavy atom. The number of aromatic nitrogens is 1. The summed E-state index contributed by atoms with van der Waals surface area (Å²) in [5, 5.41) is 8.92. The van der Waals surface area contributed by atoms with Crippen LogP contribution in [-0.4, -0.2) is 29.3 Å². The van der Waals surface area contributed by atoms with Crippen LogP contribution in [0.5, 0.6) is 0 Å². The van der Waals surface area contributed by atoms with Crippen LogP contribution in [0.4, 0.5) is 10.6 Å². The summed E-state index contributed by atoms with van der Waals surface area (Å²) >= 11 is 3.33. The zero-order valence-electron chi connectivity index (χ0n) is 12.7. The van der Waals surface area contributed by atoms with Gasteiger partial charge in [0.2, 0.25) is 0 Å². The number of carbonyl (C=O) groups is 1. The second-order valence-corrected chi connectivity index (χ2v) is 5.87. The SMILES string of the molecule is O=C(OCc1ccccc1)N(CCCCO)c1ccc(Br)cn1. The number of carbonyl (C=O) groups excluding carboxylic acids is 1. The first-order chi connectivity index (χ1) is 11.2. The first kappa shape index (κ1) is 17.4. The first-order valence-electron chi connectivity index (χ1n) is 7.41. The predicted molar refractivity (Wildman–Crippen MR) is 92.2 cm³/mol. The highest BCUT2D eigenvalue weighted by molar-refractivity contribution is 9.10. The fourth-order valence-electron chi connectivity index (χ4n) is 2.01. The molecule has 2 rings (SSSR count). The van der Waals surface area contributed by atoms with Gasteiger partial charge in [-0.25, -0.2) is 9.78 Å². The summed E-state index contributed by atoms with van der Waals surface area (Å²) < 4.78 is 6.22. The van der Waals surface area contributed by atoms with Crippen molar-refractivity contribution < 1.29 is 14.6 Å². The highest BCUT2D eigenvalue weighted by Gasteiger charge is 2.18. The van der Waals surface area contributed by atoms with Crippen molar-refractivity contribution >= 4 is 27.8 Å². The molecule has 23 heavy (non-hydrogen) atoms. The molecule has 5 nitrogen and oxygen atoms in total. The van der Waals surface area contributed by atoms with E-state index >= 15 is 0 Å². The normalized spacial score (nSPS) is 10.3. The number of halogens is 1. The van der Waals surface area contributed by atoms with Crippen LogP contribution in [-0.2, 0) is 11.3 Å². The molecule has 0 saturated heterocycles. The molecule has 1 N–H and O–H groups in total. The predicted octanol–water partition coefficient (Wildman–Crippen LogP) is 3.76. The van der Waals surface area contributed by atoms with Gasteiger partial charge in [-0.15, -0.1) is 0 Å². The summed E-state index contributed by atoms with van der Waals surface area (Å²) in [7, 11) is 0. The third-order valence-corrected chi connectivity index (χ3v) is 3.67. The lowest BCUT2D eigenvalue weighted by molar-refractivity contribution is 0.146. The van der Waals surface area contributed by atoms with Crippen molar-refractivity contribution in [3.05, 3.63) is 58.7 Å². The molecule has 0 fully saturated rings. The maximum Gasteiger partial charge on any atom is 0.415 e. The monoisotopic (exact) mass is 378 g/mol. The van der Waals surface area contributed by atoms with Gasteiger partial charge in [0.15, 0.2) is 0 Å². The van der Waals surface area contributed by atoms with E-state index in [4.69, 9.17) is 9.84 Å². The van der Waals surface area contributed by atoms with E-state index < -0.39 is 6.09 Å². The van der Waals surface area contributed by atoms with E-state index in [1.807, 2.05) is 36.4 Å². The summed E-state index contributed by atoms with van der Waals surface area (Å²) in [5.74, 6) is 0.532. The van der Waals surface area contributed by atoms with E-state index in [1.165, 1.54) is 4.90 Å². The van der Waals surface area contributed by atoms with Crippen molar-refractivity contribution in [3.8, 4) is 0 Å². The van der Waals surface area contributed by atoms with E-state index in [-0.39, 0.29) is 13.2 Å². The average Bonchev–Trinajstić information content (AvgIpc) is 2.59. The lowest BCUT2D eigenvalue weighted by Crippen LogP contribution is -2.33. The Bertz CT molecular complexity index is 605. The molecule has 0 bridgehead atoms. The maximum atomic E-state index is 12.4. The second kappa shape index (κ2) is 9.27. The fraction of sp³-hybridized carbons (Fsp3) is 0.294. The number of hydrogen-bond acceptors (Lipinski definition) is 4. The number of aliphatic hydroxyl groups is 1. The Hall–Kier alpha value is -1.92. The van der Waals surface area contributed by atoms with Gasteiger partial charge in [0, 0.05) is 23.8 Å². The lowest BCUT2D eigenvalue weighted by Gasteiger charge is -2.21. The summed E-state index contributed by atoms with van der Waals surface area (Å²) in [5.41, 5.74) is 0.930. The average molecular weight is 379 g/mol. The molecule has 2 aromatic rings. The zero-order valence-corrected chi connectivity index (χ0v) is 14.3. The quantitative estimate of drug-likeness (QED) is 0.745. The van der Waals surface area contributed by atoms with E-state index in [9.17, 15) is 4.79 Å². The number of anilines is 1. The number of pyridine rings is 1. The molecule has 0 aliphatic carbocycles. The van der Waals surface area contributed by atoms with Crippen molar-refractivity contribution in [2.75, 3.05) is 18.1 Å². The molecule has 0 saturated carbocycles. The van der Waals surface area contributed by atoms with Gasteiger partial charge in [0.05, 0.1) is 0 Å². The van der Waals surface area contributed by atoms with Gasteiger partial charge in [-0.2, -0.15) is 0 Å². The van der Waals surface area contributed by atoms with Crippen LogP contribution < -0.4 is 4.90 Å². The molecular weight excluding hydrogens is 360 g/mol. The van der Waals surface area contributed by atoms with Crippen LogP contribution in [0.3, 0.4) is 0 Å². The molecule has 0 aliphatic rings. The Kier molecular flexibility index (Phi) is 7.03. The van der Waals surface area contributed by atoms with Gasteiger partial charge in [0.1, 0.15) is 12.4 Å². The molecule has 0 atom stereocenters. The largest absolute Gasteiger partial charge is 0.444 e. The molecule has 1 aromatic carbocycles. The van der Waals surface area contributed by atoms with Gasteiger partial charge in [-0.05, 0) is 46.5 Å². The third kappa shape index (κ3) is 5.65. The Balaban J connectivity index is 2.02. The third-order valence-electron chi connectivity index (χ3n) is 3.20. The highest BCUT2D eigenvalue weighted by atomic mass is 79.9. The minimum absolute atomic E-state index is 0.0979. The van der Waals surface area contributed by atoms with Gasteiger partial charge in [-0.1, -0.05) is 30.3 Å². The van der Waals surface area contributed by atoms with Crippen LogP contribution in [0, 0.1) is 0 Å². The molecule has 1 heterocycles. The van der Waals surface area contributed by atoms with Crippen molar-refractivity contribution in [1.82, 2.24) is 4.98 Å². The molecule has 0 spiro atoms. The number of hydrogen-bond donors (Lipinski definition) is 1. The van der Waals surface area contributed by atoms with Crippen LogP contribution >= 0.6 is 15.9 Å². The Morgan fingerprint density at radius 3 is 2.61 bits per heavy atom. The molecule has 0 radical (unpaired) electrons. The van der Waals surface area contributed by atoms with E-state index in [0.29, 0.717) is 25.2 Å². The van der Waals surface area contributed by atoms with E-state index in [0.717, 1.165) is 10.0 Å². The second-order valence-electron chi connectivity index (χ2n) is 4.96. The van der Waals surface area contributed by atoms with Crippen LogP contribution in [0.2, 0.25) is 0 Å². The standard InChI is InChI=1S/C17H19BrN2O3/c18-15-8-9-16(19-12-15)20(10-4-5-11-21)17(22)23-13-14-6-2-1-3-7-14/h1-3,6-9,12,21H,4-5,10-11,13H2. The van der Waals surface area contributed by atoms with Gasteiger partial charge in [0.25, 0.3) is 0 Å². The molecule has 0 aliphatic heterocycles. The van der Waals surface area contributed by atoms with Crippen molar-refractivity contribution in [3.63, 3.8) is 0 Å². The number of rotatable bonds is 7. The summed E-state index contributed by atoms with van der Waals surface area (Å²) in [6.45, 7) is 0.760. The molecule has 0 unspecified atom stereocenters. The number of ether oxygens (including phenoxy) is 1.